The van der Waals surface area contributed by atoms with Crippen LogP contribution in [0.5, 0.6) is 11.5 Å². The number of hydrogen-bond donors (Lipinski definition) is 2. The maximum absolute atomic E-state index is 12.4. The van der Waals surface area contributed by atoms with Crippen molar-refractivity contribution < 1.29 is 38.7 Å². The first-order valence-electron chi connectivity index (χ1n) is 27.7. The highest BCUT2D eigenvalue weighted by Gasteiger charge is 2.46. The topological polar surface area (TPSA) is 118 Å². The first-order valence-corrected chi connectivity index (χ1v) is 31.1. The molecule has 2 N–H and O–H groups in total. The van der Waals surface area contributed by atoms with Gasteiger partial charge in [-0.3, -0.25) is 0 Å². The average Bonchev–Trinajstić information content (AvgIpc) is 3.83. The zero-order chi connectivity index (χ0) is 55.1. The fourth-order valence-corrected chi connectivity index (χ4v) is 14.8. The Morgan fingerprint density at radius 2 is 1.08 bits per heavy atom. The van der Waals surface area contributed by atoms with Crippen LogP contribution in [0.3, 0.4) is 0 Å². The minimum absolute atomic E-state index is 0.179. The highest BCUT2D eigenvalue weighted by molar-refractivity contribution is 9.12. The summed E-state index contributed by atoms with van der Waals surface area (Å²) < 4.78 is 25.1. The maximum atomic E-state index is 12.4. The molecule has 2 aliphatic heterocycles. The summed E-state index contributed by atoms with van der Waals surface area (Å²) in [7, 11) is 2.81. The lowest BCUT2D eigenvalue weighted by Crippen LogP contribution is -2.49. The number of aryl methyl sites for hydroxylation is 2. The van der Waals surface area contributed by atoms with E-state index in [9.17, 15) is 19.8 Å². The number of anilines is 2. The van der Waals surface area contributed by atoms with Crippen molar-refractivity contribution in [1.82, 2.24) is 0 Å². The smallest absolute Gasteiger partial charge is 0.337 e. The third-order valence-corrected chi connectivity index (χ3v) is 19.8. The van der Waals surface area contributed by atoms with E-state index >= 15 is 0 Å². The van der Waals surface area contributed by atoms with Crippen molar-refractivity contribution in [2.75, 3.05) is 75.2 Å². The lowest BCUT2D eigenvalue weighted by Gasteiger charge is -2.45. The molecule has 4 aromatic carbocycles. The van der Waals surface area contributed by atoms with Gasteiger partial charge in [0, 0.05) is 58.8 Å². The molecular weight excluding hydrogens is 1200 g/mol. The molecule has 10 nitrogen and oxygen atoms in total. The van der Waals surface area contributed by atoms with Gasteiger partial charge in [-0.25, -0.2) is 9.59 Å². The SMILES string of the molecule is COC(=O)c1ccc2c(c1)N(C[C@@H]1CC[C@H]1[C@@H](O)/C=C(\Br)CCCCl)C[C@@]1(CCCc3cc(Cl)ccc31)CO2.COC(=O)c1ccc2c(c1)N(C[C@@H]1CC[C@H]1[C@H](O)/C=C(\Br)CCCCl)C[C@@]1(CCCc3cc(Cl)ccc31)CO2. The van der Waals surface area contributed by atoms with E-state index < -0.39 is 12.2 Å². The predicted octanol–water partition coefficient (Wildman–Crippen LogP) is 14.6. The Kier molecular flexibility index (Phi) is 20.2. The summed E-state index contributed by atoms with van der Waals surface area (Å²) in [6, 6.07) is 23.6. The number of fused-ring (bicyclic) bond motifs is 6. The monoisotopic (exact) mass is 1270 g/mol. The standard InChI is InChI=1S/2C31H36BrCl2NO4/c2*1-38-30(37)21-7-11-29-27(15-21)35(17-22-6-9-25(22)28(36)16-23(32)5-3-13-33)18-31(19-39-29)12-2-4-20-14-24(34)8-10-26(20)31/h2*7-8,10-11,14-16,22,25,28,36H,2-6,9,12-13,17-19H2,1H3/b2*23-16-/t22-,25+,28+,31-;22-,25+,28-,31-/m00/s1. The summed E-state index contributed by atoms with van der Waals surface area (Å²) in [6.07, 6.45) is 16.6. The van der Waals surface area contributed by atoms with Gasteiger partial charge in [0.2, 0.25) is 0 Å². The molecule has 0 amide bonds. The van der Waals surface area contributed by atoms with Gasteiger partial charge in [-0.2, -0.15) is 0 Å². The van der Waals surface area contributed by atoms with Crippen LogP contribution in [0.1, 0.15) is 120 Å². The normalized spacial score (nSPS) is 25.2. The third kappa shape index (κ3) is 13.4. The highest BCUT2D eigenvalue weighted by Crippen LogP contribution is 2.49. The van der Waals surface area contributed by atoms with Crippen molar-refractivity contribution in [2.45, 2.75) is 113 Å². The number of rotatable bonds is 16. The van der Waals surface area contributed by atoms with Crippen LogP contribution in [0.4, 0.5) is 11.4 Å². The zero-order valence-electron chi connectivity index (χ0n) is 44.6. The summed E-state index contributed by atoms with van der Waals surface area (Å²) in [5, 5.41) is 23.7. The molecule has 0 unspecified atom stereocenters. The molecule has 8 atom stereocenters. The molecule has 2 spiro atoms. The van der Waals surface area contributed by atoms with Gasteiger partial charge in [-0.15, -0.1) is 23.2 Å². The Morgan fingerprint density at radius 3 is 1.45 bits per heavy atom. The number of allylic oxidation sites excluding steroid dienone is 2. The van der Waals surface area contributed by atoms with Crippen molar-refractivity contribution >= 4 is 102 Å². The number of nitrogens with zero attached hydrogens (tertiary/aromatic N) is 2. The maximum Gasteiger partial charge on any atom is 0.337 e. The molecular formula is C62H72Br2Cl4N2O8. The number of esters is 2. The van der Waals surface area contributed by atoms with E-state index in [0.717, 1.165) is 158 Å². The van der Waals surface area contributed by atoms with Gasteiger partial charge < -0.3 is 39.0 Å². The highest BCUT2D eigenvalue weighted by atomic mass is 79.9. The van der Waals surface area contributed by atoms with Crippen molar-refractivity contribution in [1.29, 1.82) is 0 Å². The molecule has 0 aromatic heterocycles. The Labute approximate surface area is 497 Å². The predicted molar refractivity (Wildman–Crippen MR) is 321 cm³/mol. The number of hydrogen-bond acceptors (Lipinski definition) is 10. The van der Waals surface area contributed by atoms with Gasteiger partial charge >= 0.3 is 11.9 Å². The fourth-order valence-electron chi connectivity index (χ4n) is 13.1. The number of ether oxygens (including phenoxy) is 4. The van der Waals surface area contributed by atoms with E-state index in [4.69, 9.17) is 65.4 Å². The van der Waals surface area contributed by atoms with Crippen molar-refractivity contribution in [2.24, 2.45) is 23.7 Å². The number of methoxy groups -OCH3 is 2. The number of benzene rings is 4. The summed E-state index contributed by atoms with van der Waals surface area (Å²) in [4.78, 5) is 29.7. The van der Waals surface area contributed by atoms with Gasteiger partial charge in [-0.1, -0.05) is 67.2 Å². The van der Waals surface area contributed by atoms with Crippen molar-refractivity contribution in [3.05, 3.63) is 137 Å². The Morgan fingerprint density at radius 1 is 0.654 bits per heavy atom. The summed E-state index contributed by atoms with van der Waals surface area (Å²) in [5.74, 6) is 3.04. The van der Waals surface area contributed by atoms with Crippen molar-refractivity contribution in [3.8, 4) is 11.5 Å². The van der Waals surface area contributed by atoms with Crippen LogP contribution in [0.2, 0.25) is 10.0 Å². The van der Waals surface area contributed by atoms with E-state index in [2.05, 4.69) is 65.9 Å². The molecule has 2 fully saturated rings. The quantitative estimate of drug-likeness (QED) is 0.0829. The van der Waals surface area contributed by atoms with Gasteiger partial charge in [0.05, 0.1) is 62.1 Å². The Balaban J connectivity index is 0.000000190. The van der Waals surface area contributed by atoms with Gasteiger partial charge in [0.15, 0.2) is 0 Å². The molecule has 4 aromatic rings. The molecule has 2 saturated carbocycles. The zero-order valence-corrected chi connectivity index (χ0v) is 50.8. The average molecular weight is 1270 g/mol. The van der Waals surface area contributed by atoms with E-state index in [0.29, 0.717) is 47.9 Å². The number of carbonyl (C=O) groups excluding carboxylic acids is 2. The minimum atomic E-state index is -0.510. The number of alkyl halides is 2. The lowest BCUT2D eigenvalue weighted by atomic mass is 9.68. The van der Waals surface area contributed by atoms with E-state index in [1.54, 1.807) is 12.1 Å². The Hall–Kier alpha value is -3.46. The molecule has 4 aliphatic carbocycles. The number of aliphatic hydroxyl groups is 2. The molecule has 10 rings (SSSR count). The summed E-state index contributed by atoms with van der Waals surface area (Å²) >= 11 is 31.7. The largest absolute Gasteiger partial charge is 0.490 e. The summed E-state index contributed by atoms with van der Waals surface area (Å²) in [6.45, 7) is 4.23. The van der Waals surface area contributed by atoms with E-state index in [1.807, 2.05) is 48.6 Å². The van der Waals surface area contributed by atoms with Crippen molar-refractivity contribution in [3.63, 3.8) is 0 Å². The number of carbonyl (C=O) groups is 2. The molecule has 6 aliphatic rings. The first kappa shape index (κ1) is 59.2. The second kappa shape index (κ2) is 26.6. The van der Waals surface area contributed by atoms with Crippen LogP contribution < -0.4 is 19.3 Å². The molecule has 78 heavy (non-hydrogen) atoms. The van der Waals surface area contributed by atoms with Crippen LogP contribution in [0.15, 0.2) is 93.9 Å². The van der Waals surface area contributed by atoms with Crippen LogP contribution in [0, 0.1) is 23.7 Å². The van der Waals surface area contributed by atoms with Crippen LogP contribution in [-0.4, -0.2) is 99.7 Å². The van der Waals surface area contributed by atoms with Gasteiger partial charge in [-0.05, 0) is 218 Å². The molecule has 2 heterocycles. The van der Waals surface area contributed by atoms with E-state index in [-0.39, 0.29) is 34.6 Å². The fraction of sp³-hybridized carbons (Fsp3) is 0.516. The molecule has 0 saturated heterocycles. The minimum Gasteiger partial charge on any atom is -0.490 e. The Bertz CT molecular complexity index is 2660. The third-order valence-electron chi connectivity index (χ3n) is 17.5. The van der Waals surface area contributed by atoms with Crippen LogP contribution in [0.25, 0.3) is 0 Å². The second-order valence-corrected chi connectivity index (χ2v) is 26.0. The van der Waals surface area contributed by atoms with Crippen LogP contribution in [-0.2, 0) is 33.1 Å². The molecule has 0 radical (unpaired) electrons. The lowest BCUT2D eigenvalue weighted by molar-refractivity contribution is 0.0453. The molecule has 16 heteroatoms. The summed E-state index contributed by atoms with van der Waals surface area (Å²) in [5.41, 5.74) is 7.66. The second-order valence-electron chi connectivity index (χ2n) is 22.4. The first-order chi connectivity index (χ1) is 37.7. The molecule has 420 valence electrons. The number of aliphatic hydroxyl groups excluding tert-OH is 2. The molecule has 0 bridgehead atoms. The van der Waals surface area contributed by atoms with Gasteiger partial charge in [0.1, 0.15) is 11.5 Å². The number of halogens is 6. The van der Waals surface area contributed by atoms with E-state index in [1.165, 1.54) is 36.5 Å². The van der Waals surface area contributed by atoms with Crippen LogP contribution >= 0.6 is 78.3 Å². The van der Waals surface area contributed by atoms with Gasteiger partial charge in [0.25, 0.3) is 0 Å².